The first kappa shape index (κ1) is 15.5. The van der Waals surface area contributed by atoms with Crippen molar-refractivity contribution in [1.29, 1.82) is 0 Å². The molecule has 1 aromatic rings. The van der Waals surface area contributed by atoms with Gasteiger partial charge in [0.05, 0.1) is 30.9 Å². The molecule has 112 valence electrons. The Balaban J connectivity index is 2.22. The van der Waals surface area contributed by atoms with E-state index in [4.69, 9.17) is 10.5 Å². The van der Waals surface area contributed by atoms with E-state index in [0.717, 1.165) is 0 Å². The minimum Gasteiger partial charge on any atom is -0.375 e. The lowest BCUT2D eigenvalue weighted by Crippen LogP contribution is -2.50. The second kappa shape index (κ2) is 6.70. The summed E-state index contributed by atoms with van der Waals surface area (Å²) in [5.41, 5.74) is 5.85. The van der Waals surface area contributed by atoms with Gasteiger partial charge >= 0.3 is 0 Å². The quantitative estimate of drug-likeness (QED) is 0.795. The molecule has 0 aliphatic carbocycles. The highest BCUT2D eigenvalue weighted by atomic mass is 19.1. The molecule has 1 aliphatic heterocycles. The third-order valence-corrected chi connectivity index (χ3v) is 3.40. The maximum Gasteiger partial charge on any atom is 0.257 e. The van der Waals surface area contributed by atoms with Crippen LogP contribution in [0.2, 0.25) is 0 Å². The van der Waals surface area contributed by atoms with Crippen molar-refractivity contribution < 1.29 is 13.9 Å². The van der Waals surface area contributed by atoms with Crippen LogP contribution in [0.4, 0.5) is 4.39 Å². The van der Waals surface area contributed by atoms with Gasteiger partial charge in [-0.05, 0) is 32.0 Å². The van der Waals surface area contributed by atoms with E-state index in [0.29, 0.717) is 18.7 Å². The Hall–Kier alpha value is -1.90. The highest BCUT2D eigenvalue weighted by Gasteiger charge is 2.29. The van der Waals surface area contributed by atoms with E-state index in [1.165, 1.54) is 12.1 Å². The van der Waals surface area contributed by atoms with Crippen LogP contribution in [-0.2, 0) is 4.74 Å². The van der Waals surface area contributed by atoms with E-state index >= 15 is 0 Å². The van der Waals surface area contributed by atoms with Gasteiger partial charge in [-0.15, -0.1) is 0 Å². The predicted octanol–water partition coefficient (Wildman–Crippen LogP) is 1.39. The third kappa shape index (κ3) is 3.60. The van der Waals surface area contributed by atoms with Crippen molar-refractivity contribution in [3.63, 3.8) is 0 Å². The number of nitrogens with two attached hydrogens (primary N) is 1. The molecule has 4 nitrogen and oxygen atoms in total. The van der Waals surface area contributed by atoms with Crippen LogP contribution in [0.25, 0.3) is 0 Å². The van der Waals surface area contributed by atoms with Gasteiger partial charge in [0, 0.05) is 12.1 Å². The smallest absolute Gasteiger partial charge is 0.257 e. The van der Waals surface area contributed by atoms with Crippen LogP contribution in [0.5, 0.6) is 0 Å². The number of halogens is 1. The number of carbonyl (C=O) groups excluding carboxylic acids is 1. The van der Waals surface area contributed by atoms with E-state index in [1.807, 2.05) is 13.8 Å². The first-order chi connectivity index (χ1) is 10.0. The van der Waals surface area contributed by atoms with Crippen molar-refractivity contribution in [2.24, 2.45) is 5.73 Å². The summed E-state index contributed by atoms with van der Waals surface area (Å²) in [6, 6.07) is 4.31. The molecular weight excluding hydrogens is 271 g/mol. The van der Waals surface area contributed by atoms with Crippen LogP contribution in [0.3, 0.4) is 0 Å². The number of rotatable bonds is 1. The van der Waals surface area contributed by atoms with Gasteiger partial charge in [-0.2, -0.15) is 0 Å². The first-order valence-electron chi connectivity index (χ1n) is 6.94. The van der Waals surface area contributed by atoms with E-state index in [-0.39, 0.29) is 30.2 Å². The number of hydrogen-bond acceptors (Lipinski definition) is 3. The molecule has 2 atom stereocenters. The molecule has 1 heterocycles. The van der Waals surface area contributed by atoms with E-state index in [2.05, 4.69) is 11.8 Å². The van der Waals surface area contributed by atoms with Gasteiger partial charge in [-0.25, -0.2) is 4.39 Å². The molecule has 1 aromatic carbocycles. The zero-order chi connectivity index (χ0) is 15.4. The molecule has 2 rings (SSSR count). The molecule has 1 saturated heterocycles. The Morgan fingerprint density at radius 3 is 2.95 bits per heavy atom. The number of morpholine rings is 1. The van der Waals surface area contributed by atoms with E-state index in [9.17, 15) is 9.18 Å². The van der Waals surface area contributed by atoms with Gasteiger partial charge < -0.3 is 15.4 Å². The Bertz CT molecular complexity index is 592. The molecule has 0 saturated carbocycles. The van der Waals surface area contributed by atoms with Crippen LogP contribution < -0.4 is 5.73 Å². The fourth-order valence-electron chi connectivity index (χ4n) is 2.26. The highest BCUT2D eigenvalue weighted by molar-refractivity contribution is 5.95. The topological polar surface area (TPSA) is 55.6 Å². The lowest BCUT2D eigenvalue weighted by Gasteiger charge is -2.36. The Morgan fingerprint density at radius 1 is 1.52 bits per heavy atom. The van der Waals surface area contributed by atoms with Crippen molar-refractivity contribution in [3.8, 4) is 11.8 Å². The monoisotopic (exact) mass is 290 g/mol. The second-order valence-electron chi connectivity index (χ2n) is 5.15. The number of ether oxygens (including phenoxy) is 1. The van der Waals surface area contributed by atoms with Gasteiger partial charge in [-0.3, -0.25) is 4.79 Å². The fraction of sp³-hybridized carbons (Fsp3) is 0.438. The van der Waals surface area contributed by atoms with Gasteiger partial charge in [0.15, 0.2) is 0 Å². The zero-order valence-electron chi connectivity index (χ0n) is 12.2. The van der Waals surface area contributed by atoms with Crippen molar-refractivity contribution in [2.75, 3.05) is 19.7 Å². The molecular formula is C16H19FN2O2. The summed E-state index contributed by atoms with van der Waals surface area (Å²) in [7, 11) is 0. The van der Waals surface area contributed by atoms with Crippen LogP contribution in [0, 0.1) is 17.7 Å². The SMILES string of the molecule is CC1CN(C(=O)c2ccc(C#CCN)cc2F)C(C)CO1. The minimum atomic E-state index is -0.560. The van der Waals surface area contributed by atoms with Crippen molar-refractivity contribution in [1.82, 2.24) is 4.90 Å². The average molecular weight is 290 g/mol. The van der Waals surface area contributed by atoms with Gasteiger partial charge in [0.1, 0.15) is 5.82 Å². The lowest BCUT2D eigenvalue weighted by molar-refractivity contribution is -0.0388. The number of amides is 1. The zero-order valence-corrected chi connectivity index (χ0v) is 12.2. The molecule has 1 aliphatic rings. The standard InChI is InChI=1S/C16H19FN2O2/c1-11-10-21-12(2)9-19(11)16(20)14-6-5-13(4-3-7-18)8-15(14)17/h5-6,8,11-12H,7,9-10,18H2,1-2H3. The Morgan fingerprint density at radius 2 is 2.29 bits per heavy atom. The predicted molar refractivity (Wildman–Crippen MR) is 78.2 cm³/mol. The average Bonchev–Trinajstić information content (AvgIpc) is 2.47. The summed E-state index contributed by atoms with van der Waals surface area (Å²) in [4.78, 5) is 14.1. The fourth-order valence-corrected chi connectivity index (χ4v) is 2.26. The maximum atomic E-state index is 14.1. The van der Waals surface area contributed by atoms with Crippen molar-refractivity contribution >= 4 is 5.91 Å². The number of hydrogen-bond donors (Lipinski definition) is 1. The number of carbonyl (C=O) groups is 1. The van der Waals surface area contributed by atoms with Crippen molar-refractivity contribution in [3.05, 3.63) is 35.1 Å². The Labute approximate surface area is 124 Å². The molecule has 2 N–H and O–H groups in total. The Kier molecular flexibility index (Phi) is 4.94. The molecule has 0 bridgehead atoms. The summed E-state index contributed by atoms with van der Waals surface area (Å²) < 4.78 is 19.6. The van der Waals surface area contributed by atoms with Crippen LogP contribution in [-0.4, -0.2) is 42.6 Å². The van der Waals surface area contributed by atoms with Crippen LogP contribution in [0.1, 0.15) is 29.8 Å². The molecule has 0 radical (unpaired) electrons. The molecule has 1 fully saturated rings. The third-order valence-electron chi connectivity index (χ3n) is 3.40. The largest absolute Gasteiger partial charge is 0.375 e. The molecule has 0 aromatic heterocycles. The van der Waals surface area contributed by atoms with Crippen LogP contribution >= 0.6 is 0 Å². The van der Waals surface area contributed by atoms with Gasteiger partial charge in [0.2, 0.25) is 0 Å². The summed E-state index contributed by atoms with van der Waals surface area (Å²) >= 11 is 0. The van der Waals surface area contributed by atoms with Crippen molar-refractivity contribution in [2.45, 2.75) is 26.0 Å². The second-order valence-corrected chi connectivity index (χ2v) is 5.15. The lowest BCUT2D eigenvalue weighted by atomic mass is 10.1. The molecule has 21 heavy (non-hydrogen) atoms. The minimum absolute atomic E-state index is 0.0390. The molecule has 2 unspecified atom stereocenters. The number of benzene rings is 1. The molecule has 0 spiro atoms. The van der Waals surface area contributed by atoms with E-state index < -0.39 is 5.82 Å². The maximum absolute atomic E-state index is 14.1. The van der Waals surface area contributed by atoms with Gasteiger partial charge in [-0.1, -0.05) is 11.8 Å². The normalized spacial score (nSPS) is 21.6. The number of nitrogens with zero attached hydrogens (tertiary/aromatic N) is 1. The first-order valence-corrected chi connectivity index (χ1v) is 6.94. The molecule has 5 heteroatoms. The highest BCUT2D eigenvalue weighted by Crippen LogP contribution is 2.18. The summed E-state index contributed by atoms with van der Waals surface area (Å²) in [5.74, 6) is 4.53. The van der Waals surface area contributed by atoms with Crippen LogP contribution in [0.15, 0.2) is 18.2 Å². The molecule has 1 amide bonds. The summed E-state index contributed by atoms with van der Waals surface area (Å²) in [6.07, 6.45) is -0.0390. The van der Waals surface area contributed by atoms with Gasteiger partial charge in [0.25, 0.3) is 5.91 Å². The van der Waals surface area contributed by atoms with E-state index in [1.54, 1.807) is 11.0 Å². The summed E-state index contributed by atoms with van der Waals surface area (Å²) in [5, 5.41) is 0. The summed E-state index contributed by atoms with van der Waals surface area (Å²) in [6.45, 7) is 4.94.